The Hall–Kier alpha value is -2.97. The highest BCUT2D eigenvalue weighted by molar-refractivity contribution is 5.85. The number of carboxylic acids is 1. The van der Waals surface area contributed by atoms with Crippen molar-refractivity contribution in [2.24, 2.45) is 0 Å². The molecule has 9 heteroatoms. The van der Waals surface area contributed by atoms with Gasteiger partial charge in [-0.15, -0.1) is 0 Å². The average molecular weight is 265 g/mol. The summed E-state index contributed by atoms with van der Waals surface area (Å²) in [5.74, 6) is -1.15. The number of hydrogen-bond donors (Lipinski definition) is 1. The van der Waals surface area contributed by atoms with Crippen LogP contribution in [0.15, 0.2) is 33.7 Å². The Morgan fingerprint density at radius 3 is 2.84 bits per heavy atom. The molecule has 2 rings (SSSR count). The minimum atomic E-state index is -1.26. The van der Waals surface area contributed by atoms with E-state index in [0.717, 1.165) is 29.0 Å². The highest BCUT2D eigenvalue weighted by Gasteiger charge is 2.13. The van der Waals surface area contributed by atoms with Gasteiger partial charge in [0.15, 0.2) is 11.5 Å². The van der Waals surface area contributed by atoms with E-state index in [1.807, 2.05) is 0 Å². The van der Waals surface area contributed by atoms with Gasteiger partial charge in [-0.2, -0.15) is 0 Å². The lowest BCUT2D eigenvalue weighted by atomic mass is 10.3. The molecule has 0 saturated heterocycles. The molecule has 0 spiro atoms. The van der Waals surface area contributed by atoms with Gasteiger partial charge >= 0.3 is 5.97 Å². The molecule has 0 aromatic carbocycles. The number of pyridine rings is 1. The zero-order valence-electron chi connectivity index (χ0n) is 9.35. The fourth-order valence-corrected chi connectivity index (χ4v) is 1.41. The molecule has 19 heavy (non-hydrogen) atoms. The van der Waals surface area contributed by atoms with Crippen molar-refractivity contribution >= 4 is 11.7 Å². The van der Waals surface area contributed by atoms with Crippen LogP contribution >= 0.6 is 0 Å². The fourth-order valence-electron chi connectivity index (χ4n) is 1.41. The first-order valence-electron chi connectivity index (χ1n) is 5.01. The molecule has 98 valence electrons. The Morgan fingerprint density at radius 2 is 2.26 bits per heavy atom. The Labute approximate surface area is 104 Å². The molecular formula is C10H7N3O6. The fraction of sp³-hybridized carbons (Fsp3) is 0.100. The van der Waals surface area contributed by atoms with Gasteiger partial charge in [0.1, 0.15) is 0 Å². The topological polar surface area (TPSA) is 128 Å². The summed E-state index contributed by atoms with van der Waals surface area (Å²) >= 11 is 0. The van der Waals surface area contributed by atoms with Crippen molar-refractivity contribution in [1.29, 1.82) is 0 Å². The molecule has 9 nitrogen and oxygen atoms in total. The van der Waals surface area contributed by atoms with Gasteiger partial charge in [-0.25, -0.2) is 4.79 Å². The third kappa shape index (κ3) is 2.65. The summed E-state index contributed by atoms with van der Waals surface area (Å²) in [7, 11) is 0. The van der Waals surface area contributed by atoms with Crippen LogP contribution < -0.4 is 5.56 Å². The van der Waals surface area contributed by atoms with E-state index < -0.39 is 16.5 Å². The lowest BCUT2D eigenvalue weighted by Crippen LogP contribution is -2.19. The van der Waals surface area contributed by atoms with Crippen LogP contribution in [0, 0.1) is 10.1 Å². The monoisotopic (exact) mass is 265 g/mol. The maximum atomic E-state index is 11.5. The molecule has 1 N–H and O–H groups in total. The summed E-state index contributed by atoms with van der Waals surface area (Å²) in [5.41, 5.74) is -1.02. The van der Waals surface area contributed by atoms with Crippen LogP contribution in [0.3, 0.4) is 0 Å². The van der Waals surface area contributed by atoms with E-state index in [4.69, 9.17) is 9.63 Å². The first kappa shape index (κ1) is 12.5. The lowest BCUT2D eigenvalue weighted by Gasteiger charge is -2.01. The van der Waals surface area contributed by atoms with E-state index in [1.54, 1.807) is 0 Å². The van der Waals surface area contributed by atoms with Gasteiger partial charge in [0.25, 0.3) is 11.2 Å². The number of aromatic nitrogens is 2. The average Bonchev–Trinajstić information content (AvgIpc) is 2.80. The molecule has 2 aromatic heterocycles. The van der Waals surface area contributed by atoms with Crippen molar-refractivity contribution in [2.45, 2.75) is 6.54 Å². The molecule has 0 amide bonds. The maximum Gasteiger partial charge on any atom is 0.358 e. The molecule has 2 aromatic rings. The Kier molecular flexibility index (Phi) is 3.10. The molecule has 0 atom stereocenters. The second-order valence-corrected chi connectivity index (χ2v) is 3.59. The second kappa shape index (κ2) is 4.72. The van der Waals surface area contributed by atoms with Crippen molar-refractivity contribution in [3.05, 3.63) is 56.3 Å². The van der Waals surface area contributed by atoms with Gasteiger partial charge in [0.2, 0.25) is 0 Å². The number of carbonyl (C=O) groups is 1. The van der Waals surface area contributed by atoms with Gasteiger partial charge < -0.3 is 14.2 Å². The highest BCUT2D eigenvalue weighted by Crippen LogP contribution is 2.09. The van der Waals surface area contributed by atoms with E-state index in [2.05, 4.69) is 5.16 Å². The van der Waals surface area contributed by atoms with E-state index in [9.17, 15) is 19.7 Å². The minimum Gasteiger partial charge on any atom is -0.476 e. The number of aromatic carboxylic acids is 1. The van der Waals surface area contributed by atoms with Crippen LogP contribution in [-0.4, -0.2) is 25.7 Å². The lowest BCUT2D eigenvalue weighted by molar-refractivity contribution is -0.385. The van der Waals surface area contributed by atoms with Gasteiger partial charge in [-0.1, -0.05) is 5.16 Å². The van der Waals surface area contributed by atoms with Crippen LogP contribution in [0.25, 0.3) is 0 Å². The molecule has 0 fully saturated rings. The molecular weight excluding hydrogens is 258 g/mol. The first-order chi connectivity index (χ1) is 8.97. The van der Waals surface area contributed by atoms with Crippen molar-refractivity contribution < 1.29 is 19.3 Å². The molecule has 0 unspecified atom stereocenters. The summed E-state index contributed by atoms with van der Waals surface area (Å²) in [6, 6.07) is 3.28. The number of nitrogens with zero attached hydrogens (tertiary/aromatic N) is 3. The maximum absolute atomic E-state index is 11.5. The highest BCUT2D eigenvalue weighted by atomic mass is 16.6. The zero-order chi connectivity index (χ0) is 14.0. The van der Waals surface area contributed by atoms with Crippen LogP contribution in [0.2, 0.25) is 0 Å². The van der Waals surface area contributed by atoms with E-state index in [1.165, 1.54) is 0 Å². The summed E-state index contributed by atoms with van der Waals surface area (Å²) in [5, 5.41) is 22.5. The molecule has 2 heterocycles. The third-order valence-corrected chi connectivity index (χ3v) is 2.28. The Bertz CT molecular complexity index is 701. The summed E-state index contributed by atoms with van der Waals surface area (Å²) in [6.45, 7) is -0.138. The largest absolute Gasteiger partial charge is 0.476 e. The van der Waals surface area contributed by atoms with Crippen molar-refractivity contribution in [1.82, 2.24) is 9.72 Å². The SMILES string of the molecule is O=C(O)c1cc(Cn2cc([N+](=O)[O-])ccc2=O)on1. The summed E-state index contributed by atoms with van der Waals surface area (Å²) < 4.78 is 5.76. The normalized spacial score (nSPS) is 10.3. The Balaban J connectivity index is 2.31. The predicted molar refractivity (Wildman–Crippen MR) is 59.9 cm³/mol. The molecule has 0 aliphatic carbocycles. The number of carboxylic acid groups (broad SMARTS) is 1. The number of hydrogen-bond acceptors (Lipinski definition) is 6. The number of nitro groups is 1. The van der Waals surface area contributed by atoms with E-state index in [-0.39, 0.29) is 23.7 Å². The van der Waals surface area contributed by atoms with Crippen LogP contribution in [-0.2, 0) is 6.54 Å². The predicted octanol–water partition coefficient (Wildman–Crippen LogP) is 0.491. The van der Waals surface area contributed by atoms with Gasteiger partial charge in [-0.05, 0) is 0 Å². The van der Waals surface area contributed by atoms with Crippen molar-refractivity contribution in [3.63, 3.8) is 0 Å². The number of rotatable bonds is 4. The molecule has 0 bridgehead atoms. The van der Waals surface area contributed by atoms with E-state index in [0.29, 0.717) is 0 Å². The van der Waals surface area contributed by atoms with Gasteiger partial charge in [0, 0.05) is 18.2 Å². The zero-order valence-corrected chi connectivity index (χ0v) is 9.35. The quantitative estimate of drug-likeness (QED) is 0.629. The second-order valence-electron chi connectivity index (χ2n) is 3.59. The van der Waals surface area contributed by atoms with Crippen molar-refractivity contribution in [3.8, 4) is 0 Å². The third-order valence-electron chi connectivity index (χ3n) is 2.28. The van der Waals surface area contributed by atoms with Gasteiger partial charge in [0.05, 0.1) is 17.7 Å². The molecule has 0 radical (unpaired) electrons. The van der Waals surface area contributed by atoms with Crippen LogP contribution in [0.5, 0.6) is 0 Å². The van der Waals surface area contributed by atoms with Crippen LogP contribution in [0.4, 0.5) is 5.69 Å². The smallest absolute Gasteiger partial charge is 0.358 e. The molecule has 0 aliphatic heterocycles. The Morgan fingerprint density at radius 1 is 1.53 bits per heavy atom. The van der Waals surface area contributed by atoms with Gasteiger partial charge in [-0.3, -0.25) is 14.9 Å². The standard InChI is InChI=1S/C10H7N3O6/c14-9-2-1-6(13(17)18)4-12(9)5-7-3-8(10(15)16)11-19-7/h1-4H,5H2,(H,15,16). The first-order valence-corrected chi connectivity index (χ1v) is 5.01. The molecule has 0 aliphatic rings. The van der Waals surface area contributed by atoms with E-state index >= 15 is 0 Å². The summed E-state index contributed by atoms with van der Waals surface area (Å²) in [6.07, 6.45) is 1.05. The van der Waals surface area contributed by atoms with Crippen molar-refractivity contribution in [2.75, 3.05) is 0 Å². The molecule has 0 saturated carbocycles. The summed E-state index contributed by atoms with van der Waals surface area (Å²) in [4.78, 5) is 32.0. The van der Waals surface area contributed by atoms with Crippen LogP contribution in [0.1, 0.15) is 16.2 Å². The minimum absolute atomic E-state index is 0.111.